The first-order chi connectivity index (χ1) is 13.1. The van der Waals surface area contributed by atoms with Crippen molar-refractivity contribution in [2.45, 2.75) is 58.1 Å². The number of H-pyrrole nitrogens is 1. The largest absolute Gasteiger partial charge is 0.493 e. The van der Waals surface area contributed by atoms with Crippen LogP contribution < -0.4 is 20.5 Å². The minimum atomic E-state index is -0.521. The standard InChI is InChI=1S/C20H28N4O3/c1-3-6-17-23-18(19(21)25)20(24-17)22-12-13-9-10-15(26-2)16(11-13)27-14-7-4-5-8-14/h9-11,14,22H,3-8,12H2,1-2H3,(H2,21,25)(H,23,24). The molecular formula is C20H28N4O3. The maximum Gasteiger partial charge on any atom is 0.269 e. The number of rotatable bonds is 9. The van der Waals surface area contributed by atoms with Gasteiger partial charge in [0, 0.05) is 13.0 Å². The maximum atomic E-state index is 11.7. The molecule has 2 aromatic rings. The summed E-state index contributed by atoms with van der Waals surface area (Å²) in [6, 6.07) is 5.86. The Kier molecular flexibility index (Phi) is 6.21. The molecule has 1 aliphatic carbocycles. The van der Waals surface area contributed by atoms with Gasteiger partial charge in [-0.3, -0.25) is 4.79 Å². The van der Waals surface area contributed by atoms with Gasteiger partial charge < -0.3 is 25.5 Å². The number of hydrogen-bond acceptors (Lipinski definition) is 5. The van der Waals surface area contributed by atoms with Gasteiger partial charge >= 0.3 is 0 Å². The molecule has 7 nitrogen and oxygen atoms in total. The lowest BCUT2D eigenvalue weighted by Crippen LogP contribution is -2.15. The van der Waals surface area contributed by atoms with Crippen molar-refractivity contribution in [1.82, 2.24) is 9.97 Å². The summed E-state index contributed by atoms with van der Waals surface area (Å²) in [5.74, 6) is 2.21. The van der Waals surface area contributed by atoms with Crippen LogP contribution in [0.2, 0.25) is 0 Å². The SMILES string of the molecule is CCCc1nc(NCc2ccc(OC)c(OC3CCCC3)c2)c(C(N)=O)[nH]1. The number of imidazole rings is 1. The molecule has 0 saturated heterocycles. The number of carbonyl (C=O) groups excluding carboxylic acids is 1. The van der Waals surface area contributed by atoms with Gasteiger partial charge in [-0.1, -0.05) is 13.0 Å². The average molecular weight is 372 g/mol. The van der Waals surface area contributed by atoms with Crippen LogP contribution >= 0.6 is 0 Å². The van der Waals surface area contributed by atoms with Crippen molar-refractivity contribution in [1.29, 1.82) is 0 Å². The van der Waals surface area contributed by atoms with E-state index in [4.69, 9.17) is 15.2 Å². The lowest BCUT2D eigenvalue weighted by molar-refractivity contribution is 0.0996. The molecule has 146 valence electrons. The van der Waals surface area contributed by atoms with Crippen LogP contribution in [0.5, 0.6) is 11.5 Å². The minimum absolute atomic E-state index is 0.256. The summed E-state index contributed by atoms with van der Waals surface area (Å²) in [6.45, 7) is 2.56. The summed E-state index contributed by atoms with van der Waals surface area (Å²) in [5.41, 5.74) is 6.79. The summed E-state index contributed by atoms with van der Waals surface area (Å²) >= 11 is 0. The van der Waals surface area contributed by atoms with Crippen LogP contribution in [0.15, 0.2) is 18.2 Å². The van der Waals surface area contributed by atoms with Gasteiger partial charge in [0.1, 0.15) is 11.5 Å². The molecule has 3 rings (SSSR count). The van der Waals surface area contributed by atoms with Gasteiger partial charge in [-0.25, -0.2) is 4.98 Å². The normalized spacial score (nSPS) is 14.3. The van der Waals surface area contributed by atoms with Gasteiger partial charge in [0.05, 0.1) is 13.2 Å². The molecule has 1 amide bonds. The zero-order valence-corrected chi connectivity index (χ0v) is 16.0. The second kappa shape index (κ2) is 8.79. The van der Waals surface area contributed by atoms with Crippen molar-refractivity contribution in [2.24, 2.45) is 5.73 Å². The van der Waals surface area contributed by atoms with Crippen LogP contribution in [-0.4, -0.2) is 29.1 Å². The number of anilines is 1. The lowest BCUT2D eigenvalue weighted by atomic mass is 10.2. The molecular weight excluding hydrogens is 344 g/mol. The van der Waals surface area contributed by atoms with Crippen LogP contribution in [0.3, 0.4) is 0 Å². The van der Waals surface area contributed by atoms with Gasteiger partial charge in [0.15, 0.2) is 17.3 Å². The zero-order valence-electron chi connectivity index (χ0n) is 16.0. The molecule has 0 aliphatic heterocycles. The Bertz CT molecular complexity index is 782. The van der Waals surface area contributed by atoms with Crippen LogP contribution in [0.4, 0.5) is 5.82 Å². The lowest BCUT2D eigenvalue weighted by Gasteiger charge is -2.17. The number of ether oxygens (including phenoxy) is 2. The Labute approximate surface area is 159 Å². The van der Waals surface area contributed by atoms with Gasteiger partial charge in [-0.2, -0.15) is 0 Å². The van der Waals surface area contributed by atoms with E-state index in [1.165, 1.54) is 12.8 Å². The summed E-state index contributed by atoms with van der Waals surface area (Å²) < 4.78 is 11.6. The number of nitrogens with two attached hydrogens (primary N) is 1. The molecule has 0 bridgehead atoms. The van der Waals surface area contributed by atoms with E-state index < -0.39 is 5.91 Å². The zero-order chi connectivity index (χ0) is 19.2. The maximum absolute atomic E-state index is 11.7. The van der Waals surface area contributed by atoms with Gasteiger partial charge in [0.2, 0.25) is 0 Å². The Hall–Kier alpha value is -2.70. The number of benzene rings is 1. The van der Waals surface area contributed by atoms with Crippen molar-refractivity contribution in [3.8, 4) is 11.5 Å². The van der Waals surface area contributed by atoms with E-state index in [0.717, 1.165) is 48.6 Å². The first kappa shape index (κ1) is 19.1. The fraction of sp³-hybridized carbons (Fsp3) is 0.500. The number of aryl methyl sites for hydroxylation is 1. The van der Waals surface area contributed by atoms with Crippen LogP contribution in [-0.2, 0) is 13.0 Å². The fourth-order valence-electron chi connectivity index (χ4n) is 3.38. The highest BCUT2D eigenvalue weighted by atomic mass is 16.5. The van der Waals surface area contributed by atoms with E-state index >= 15 is 0 Å². The second-order valence-corrected chi connectivity index (χ2v) is 6.88. The van der Waals surface area contributed by atoms with Crippen LogP contribution in [0.1, 0.15) is 60.9 Å². The number of aromatic amines is 1. The van der Waals surface area contributed by atoms with E-state index in [-0.39, 0.29) is 6.10 Å². The topological polar surface area (TPSA) is 102 Å². The summed E-state index contributed by atoms with van der Waals surface area (Å²) in [4.78, 5) is 19.1. The summed E-state index contributed by atoms with van der Waals surface area (Å²) in [7, 11) is 1.65. The molecule has 1 heterocycles. The molecule has 0 unspecified atom stereocenters. The Balaban J connectivity index is 1.73. The fourth-order valence-corrected chi connectivity index (χ4v) is 3.38. The highest BCUT2D eigenvalue weighted by Crippen LogP contribution is 2.32. The highest BCUT2D eigenvalue weighted by Gasteiger charge is 2.19. The van der Waals surface area contributed by atoms with Crippen LogP contribution in [0.25, 0.3) is 0 Å². The minimum Gasteiger partial charge on any atom is -0.493 e. The molecule has 1 aromatic carbocycles. The predicted octanol–water partition coefficient (Wildman–Crippen LogP) is 3.40. The number of amides is 1. The number of primary amides is 1. The van der Waals surface area contributed by atoms with Crippen molar-refractivity contribution in [3.63, 3.8) is 0 Å². The number of methoxy groups -OCH3 is 1. The molecule has 0 radical (unpaired) electrons. The monoisotopic (exact) mass is 372 g/mol. The van der Waals surface area contributed by atoms with E-state index in [0.29, 0.717) is 18.1 Å². The van der Waals surface area contributed by atoms with Gasteiger partial charge in [0.25, 0.3) is 5.91 Å². The van der Waals surface area contributed by atoms with Crippen LogP contribution in [0, 0.1) is 0 Å². The third kappa shape index (κ3) is 4.72. The smallest absolute Gasteiger partial charge is 0.269 e. The van der Waals surface area contributed by atoms with Gasteiger partial charge in [-0.15, -0.1) is 0 Å². The van der Waals surface area contributed by atoms with Gasteiger partial charge in [-0.05, 0) is 49.8 Å². The van der Waals surface area contributed by atoms with Crippen molar-refractivity contribution < 1.29 is 14.3 Å². The van der Waals surface area contributed by atoms with E-state index in [1.54, 1.807) is 7.11 Å². The molecule has 27 heavy (non-hydrogen) atoms. The number of nitrogens with zero attached hydrogens (tertiary/aromatic N) is 1. The van der Waals surface area contributed by atoms with E-state index in [9.17, 15) is 4.79 Å². The molecule has 1 aromatic heterocycles. The number of carbonyl (C=O) groups is 1. The number of nitrogens with one attached hydrogen (secondary N) is 2. The highest BCUT2D eigenvalue weighted by molar-refractivity contribution is 5.95. The second-order valence-electron chi connectivity index (χ2n) is 6.88. The Morgan fingerprint density at radius 1 is 1.33 bits per heavy atom. The average Bonchev–Trinajstić information content (AvgIpc) is 3.30. The molecule has 0 atom stereocenters. The number of aromatic nitrogens is 2. The quantitative estimate of drug-likeness (QED) is 0.626. The third-order valence-electron chi connectivity index (χ3n) is 4.77. The molecule has 1 aliphatic rings. The Morgan fingerprint density at radius 3 is 2.78 bits per heavy atom. The van der Waals surface area contributed by atoms with Crippen molar-refractivity contribution >= 4 is 11.7 Å². The molecule has 0 spiro atoms. The Morgan fingerprint density at radius 2 is 2.11 bits per heavy atom. The van der Waals surface area contributed by atoms with E-state index in [2.05, 4.69) is 22.2 Å². The first-order valence-electron chi connectivity index (χ1n) is 9.56. The summed E-state index contributed by atoms with van der Waals surface area (Å²) in [6.07, 6.45) is 6.55. The summed E-state index contributed by atoms with van der Waals surface area (Å²) in [5, 5.41) is 3.21. The molecule has 1 fully saturated rings. The van der Waals surface area contributed by atoms with E-state index in [1.807, 2.05) is 18.2 Å². The van der Waals surface area contributed by atoms with Crippen molar-refractivity contribution in [3.05, 3.63) is 35.3 Å². The molecule has 7 heteroatoms. The molecule has 1 saturated carbocycles. The first-order valence-corrected chi connectivity index (χ1v) is 9.56. The number of hydrogen-bond donors (Lipinski definition) is 3. The molecule has 4 N–H and O–H groups in total. The van der Waals surface area contributed by atoms with Crippen molar-refractivity contribution in [2.75, 3.05) is 12.4 Å². The predicted molar refractivity (Wildman–Crippen MR) is 104 cm³/mol. The third-order valence-corrected chi connectivity index (χ3v) is 4.77.